The first kappa shape index (κ1) is 10.0. The van der Waals surface area contributed by atoms with Crippen LogP contribution in [-0.2, 0) is 12.8 Å². The van der Waals surface area contributed by atoms with Crippen LogP contribution in [0, 0.1) is 0 Å². The first-order valence-corrected chi connectivity index (χ1v) is 5.63. The fourth-order valence-electron chi connectivity index (χ4n) is 2.12. The largest absolute Gasteiger partial charge is 0.305 e. The number of carbonyl (C=O) groups excluding carboxylic acids is 1. The second-order valence-corrected chi connectivity index (χ2v) is 4.05. The van der Waals surface area contributed by atoms with Crippen molar-refractivity contribution in [3.8, 4) is 0 Å². The maximum Gasteiger partial charge on any atom is 0.277 e. The second kappa shape index (κ2) is 4.01. The average molecular weight is 228 g/mol. The molecule has 2 N–H and O–H groups in total. The number of aryl methyl sites for hydroxylation is 1. The van der Waals surface area contributed by atoms with Gasteiger partial charge in [-0.3, -0.25) is 9.89 Å². The van der Waals surface area contributed by atoms with Crippen molar-refractivity contribution in [1.29, 1.82) is 0 Å². The van der Waals surface area contributed by atoms with Crippen LogP contribution in [0.2, 0.25) is 0 Å². The predicted molar refractivity (Wildman–Crippen MR) is 62.8 cm³/mol. The summed E-state index contributed by atoms with van der Waals surface area (Å²) in [7, 11) is 0. The van der Waals surface area contributed by atoms with Crippen LogP contribution in [0.3, 0.4) is 0 Å². The van der Waals surface area contributed by atoms with Crippen molar-refractivity contribution >= 4 is 11.7 Å². The van der Waals surface area contributed by atoms with Gasteiger partial charge in [0.1, 0.15) is 5.82 Å². The van der Waals surface area contributed by atoms with E-state index in [-0.39, 0.29) is 5.91 Å². The molecule has 2 aromatic rings. The summed E-state index contributed by atoms with van der Waals surface area (Å²) in [5.74, 6) is 0.357. The molecule has 0 bridgehead atoms. The number of pyridine rings is 1. The van der Waals surface area contributed by atoms with Gasteiger partial charge in [0.25, 0.3) is 5.91 Å². The number of hydrogen-bond donors (Lipinski definition) is 2. The fourth-order valence-corrected chi connectivity index (χ4v) is 2.12. The van der Waals surface area contributed by atoms with Crippen LogP contribution in [0.4, 0.5) is 5.82 Å². The Morgan fingerprint density at radius 1 is 1.35 bits per heavy atom. The number of amides is 1. The Hall–Kier alpha value is -2.17. The number of aromatic amines is 1. The highest BCUT2D eigenvalue weighted by molar-refractivity contribution is 6.03. The van der Waals surface area contributed by atoms with E-state index in [1.54, 1.807) is 12.3 Å². The first-order valence-electron chi connectivity index (χ1n) is 5.63. The lowest BCUT2D eigenvalue weighted by Gasteiger charge is -2.02. The zero-order valence-corrected chi connectivity index (χ0v) is 9.23. The normalized spacial score (nSPS) is 13.4. The Morgan fingerprint density at radius 2 is 2.29 bits per heavy atom. The monoisotopic (exact) mass is 228 g/mol. The number of hydrogen-bond acceptors (Lipinski definition) is 3. The van der Waals surface area contributed by atoms with E-state index in [2.05, 4.69) is 20.5 Å². The van der Waals surface area contributed by atoms with E-state index in [1.807, 2.05) is 12.1 Å². The molecule has 0 radical (unpaired) electrons. The third-order valence-electron chi connectivity index (χ3n) is 2.93. The van der Waals surface area contributed by atoms with Crippen molar-refractivity contribution in [3.63, 3.8) is 0 Å². The van der Waals surface area contributed by atoms with Gasteiger partial charge in [0.2, 0.25) is 0 Å². The van der Waals surface area contributed by atoms with Crippen molar-refractivity contribution in [1.82, 2.24) is 15.2 Å². The highest BCUT2D eigenvalue weighted by Crippen LogP contribution is 2.23. The summed E-state index contributed by atoms with van der Waals surface area (Å²) in [6.07, 6.45) is 4.65. The highest BCUT2D eigenvalue weighted by atomic mass is 16.2. The summed E-state index contributed by atoms with van der Waals surface area (Å²) in [6, 6.07) is 5.39. The Morgan fingerprint density at radius 3 is 3.12 bits per heavy atom. The lowest BCUT2D eigenvalue weighted by Crippen LogP contribution is -2.15. The number of anilines is 1. The third kappa shape index (κ3) is 1.80. The van der Waals surface area contributed by atoms with E-state index in [0.717, 1.165) is 30.5 Å². The number of H-pyrrole nitrogens is 1. The van der Waals surface area contributed by atoms with Crippen LogP contribution in [0.5, 0.6) is 0 Å². The van der Waals surface area contributed by atoms with E-state index in [1.165, 1.54) is 0 Å². The Labute approximate surface area is 98.3 Å². The molecule has 5 heteroatoms. The molecule has 2 aromatic heterocycles. The minimum absolute atomic E-state index is 0.192. The van der Waals surface area contributed by atoms with Crippen LogP contribution in [0.1, 0.15) is 28.2 Å². The number of rotatable bonds is 2. The maximum absolute atomic E-state index is 12.0. The van der Waals surface area contributed by atoms with E-state index in [9.17, 15) is 4.79 Å². The van der Waals surface area contributed by atoms with Gasteiger partial charge in [0, 0.05) is 17.5 Å². The summed E-state index contributed by atoms with van der Waals surface area (Å²) in [4.78, 5) is 16.1. The molecule has 17 heavy (non-hydrogen) atoms. The molecular formula is C12H12N4O. The molecule has 0 saturated heterocycles. The number of carbonyl (C=O) groups is 1. The van der Waals surface area contributed by atoms with Gasteiger partial charge in [0.15, 0.2) is 5.69 Å². The third-order valence-corrected chi connectivity index (χ3v) is 2.93. The SMILES string of the molecule is O=C(Nc1ccccn1)c1n[nH]c2c1CCC2. The number of fused-ring (bicyclic) bond motifs is 1. The number of nitrogens with zero attached hydrogens (tertiary/aromatic N) is 2. The Bertz CT molecular complexity index is 547. The summed E-state index contributed by atoms with van der Waals surface area (Å²) < 4.78 is 0. The molecular weight excluding hydrogens is 216 g/mol. The molecule has 0 aromatic carbocycles. The van der Waals surface area contributed by atoms with E-state index in [4.69, 9.17) is 0 Å². The zero-order valence-electron chi connectivity index (χ0n) is 9.23. The lowest BCUT2D eigenvalue weighted by atomic mass is 10.2. The Kier molecular flexibility index (Phi) is 2.36. The van der Waals surface area contributed by atoms with Gasteiger partial charge in [-0.1, -0.05) is 6.07 Å². The van der Waals surface area contributed by atoms with Gasteiger partial charge in [-0.05, 0) is 31.4 Å². The molecule has 0 spiro atoms. The van der Waals surface area contributed by atoms with Crippen molar-refractivity contribution in [2.24, 2.45) is 0 Å². The standard InChI is InChI=1S/C12H12N4O/c17-12(14-10-6-1-2-7-13-10)11-8-4-3-5-9(8)15-16-11/h1-2,6-7H,3-5H2,(H,15,16)(H,13,14,17). The average Bonchev–Trinajstić information content (AvgIpc) is 2.91. The number of aromatic nitrogens is 3. The summed E-state index contributed by atoms with van der Waals surface area (Å²) >= 11 is 0. The molecule has 1 amide bonds. The fraction of sp³-hybridized carbons (Fsp3) is 0.250. The summed E-state index contributed by atoms with van der Waals surface area (Å²) in [6.45, 7) is 0. The summed E-state index contributed by atoms with van der Waals surface area (Å²) in [5.41, 5.74) is 2.65. The quantitative estimate of drug-likeness (QED) is 0.819. The van der Waals surface area contributed by atoms with Gasteiger partial charge in [-0.15, -0.1) is 0 Å². The van der Waals surface area contributed by atoms with Crippen LogP contribution in [0.15, 0.2) is 24.4 Å². The first-order chi connectivity index (χ1) is 8.34. The maximum atomic E-state index is 12.0. The second-order valence-electron chi connectivity index (χ2n) is 4.05. The molecule has 0 unspecified atom stereocenters. The van der Waals surface area contributed by atoms with E-state index in [0.29, 0.717) is 11.5 Å². The smallest absolute Gasteiger partial charge is 0.277 e. The molecule has 3 rings (SSSR count). The predicted octanol–water partition coefficient (Wildman–Crippen LogP) is 1.55. The van der Waals surface area contributed by atoms with Crippen LogP contribution in [0.25, 0.3) is 0 Å². The molecule has 5 nitrogen and oxygen atoms in total. The van der Waals surface area contributed by atoms with Gasteiger partial charge in [-0.2, -0.15) is 5.10 Å². The van der Waals surface area contributed by atoms with Gasteiger partial charge in [-0.25, -0.2) is 4.98 Å². The molecule has 1 aliphatic rings. The van der Waals surface area contributed by atoms with Crippen LogP contribution < -0.4 is 5.32 Å². The molecule has 0 aliphatic heterocycles. The van der Waals surface area contributed by atoms with Crippen molar-refractivity contribution in [2.75, 3.05) is 5.32 Å². The molecule has 0 fully saturated rings. The summed E-state index contributed by atoms with van der Waals surface area (Å²) in [5, 5.41) is 9.73. The van der Waals surface area contributed by atoms with Crippen LogP contribution >= 0.6 is 0 Å². The Balaban J connectivity index is 1.83. The number of nitrogens with one attached hydrogen (secondary N) is 2. The molecule has 1 aliphatic carbocycles. The topological polar surface area (TPSA) is 70.7 Å². The highest BCUT2D eigenvalue weighted by Gasteiger charge is 2.22. The van der Waals surface area contributed by atoms with Gasteiger partial charge < -0.3 is 5.32 Å². The molecule has 2 heterocycles. The van der Waals surface area contributed by atoms with Crippen LogP contribution in [-0.4, -0.2) is 21.1 Å². The molecule has 0 atom stereocenters. The van der Waals surface area contributed by atoms with Crippen molar-refractivity contribution < 1.29 is 4.79 Å². The van der Waals surface area contributed by atoms with Crippen molar-refractivity contribution in [2.45, 2.75) is 19.3 Å². The van der Waals surface area contributed by atoms with Gasteiger partial charge >= 0.3 is 0 Å². The van der Waals surface area contributed by atoms with Gasteiger partial charge in [0.05, 0.1) is 0 Å². The molecule has 86 valence electrons. The minimum atomic E-state index is -0.192. The molecule has 0 saturated carbocycles. The minimum Gasteiger partial charge on any atom is -0.305 e. The van der Waals surface area contributed by atoms with E-state index < -0.39 is 0 Å². The lowest BCUT2D eigenvalue weighted by molar-refractivity contribution is 0.102. The van der Waals surface area contributed by atoms with Crippen molar-refractivity contribution in [3.05, 3.63) is 41.3 Å². The zero-order chi connectivity index (χ0) is 11.7. The van der Waals surface area contributed by atoms with E-state index >= 15 is 0 Å².